The van der Waals surface area contributed by atoms with Crippen LogP contribution in [0.4, 0.5) is 4.39 Å². The third-order valence-corrected chi connectivity index (χ3v) is 4.79. The Bertz CT molecular complexity index is 1150. The highest BCUT2D eigenvalue weighted by Gasteiger charge is 2.14. The van der Waals surface area contributed by atoms with Crippen LogP contribution in [-0.4, -0.2) is 29.8 Å². The molecular formula is C23H22FN3O3. The molecule has 0 saturated heterocycles. The maximum atomic E-state index is 13.3. The zero-order valence-corrected chi connectivity index (χ0v) is 17.2. The van der Waals surface area contributed by atoms with Crippen molar-refractivity contribution in [3.63, 3.8) is 0 Å². The van der Waals surface area contributed by atoms with Crippen molar-refractivity contribution in [2.75, 3.05) is 7.11 Å². The summed E-state index contributed by atoms with van der Waals surface area (Å²) in [5.41, 5.74) is 7.66. The van der Waals surface area contributed by atoms with Gasteiger partial charge >= 0.3 is 5.97 Å². The Morgan fingerprint density at radius 1 is 1.07 bits per heavy atom. The smallest absolute Gasteiger partial charge is 0.337 e. The Labute approximate surface area is 174 Å². The normalized spacial score (nSPS) is 11.0. The number of rotatable bonds is 5. The van der Waals surface area contributed by atoms with E-state index in [2.05, 4.69) is 10.5 Å². The highest BCUT2D eigenvalue weighted by molar-refractivity contribution is 5.95. The van der Waals surface area contributed by atoms with Crippen LogP contribution in [0, 0.1) is 26.6 Å². The Hall–Kier alpha value is -3.74. The molecule has 0 aliphatic carbocycles. The summed E-state index contributed by atoms with van der Waals surface area (Å²) in [5, 5.41) is 4.01. The number of hydrogen-bond acceptors (Lipinski definition) is 4. The number of ether oxygens (including phenoxy) is 1. The maximum Gasteiger partial charge on any atom is 0.337 e. The van der Waals surface area contributed by atoms with Gasteiger partial charge in [0.15, 0.2) is 0 Å². The van der Waals surface area contributed by atoms with E-state index in [1.54, 1.807) is 18.3 Å². The number of aromatic nitrogens is 1. The summed E-state index contributed by atoms with van der Waals surface area (Å²) in [6, 6.07) is 12.7. The number of halogens is 1. The molecule has 1 heterocycles. The molecule has 7 heteroatoms. The number of amides is 1. The first-order valence-corrected chi connectivity index (χ1v) is 9.29. The summed E-state index contributed by atoms with van der Waals surface area (Å²) < 4.78 is 20.1. The minimum atomic E-state index is -0.492. The fourth-order valence-electron chi connectivity index (χ4n) is 3.29. The summed E-state index contributed by atoms with van der Waals surface area (Å²) in [5.74, 6) is -1.36. The van der Waals surface area contributed by atoms with Crippen LogP contribution in [0.25, 0.3) is 5.69 Å². The van der Waals surface area contributed by atoms with Crippen molar-refractivity contribution in [1.82, 2.24) is 9.99 Å². The second-order valence-electron chi connectivity index (χ2n) is 6.86. The van der Waals surface area contributed by atoms with Crippen LogP contribution in [0.2, 0.25) is 0 Å². The summed E-state index contributed by atoms with van der Waals surface area (Å²) in [6.07, 6.45) is 1.55. The number of nitrogens with one attached hydrogen (secondary N) is 1. The van der Waals surface area contributed by atoms with E-state index in [9.17, 15) is 14.0 Å². The van der Waals surface area contributed by atoms with E-state index in [4.69, 9.17) is 4.74 Å². The minimum absolute atomic E-state index is 0.193. The lowest BCUT2D eigenvalue weighted by Crippen LogP contribution is -2.17. The Morgan fingerprint density at radius 2 is 1.83 bits per heavy atom. The fourth-order valence-corrected chi connectivity index (χ4v) is 3.29. The van der Waals surface area contributed by atoms with Gasteiger partial charge in [-0.2, -0.15) is 5.10 Å². The van der Waals surface area contributed by atoms with Gasteiger partial charge in [0.1, 0.15) is 5.82 Å². The number of methoxy groups -OCH3 is 1. The molecule has 0 saturated carbocycles. The van der Waals surface area contributed by atoms with Crippen LogP contribution in [0.3, 0.4) is 0 Å². The second-order valence-corrected chi connectivity index (χ2v) is 6.86. The number of hydrogen-bond donors (Lipinski definition) is 1. The molecule has 154 valence electrons. The topological polar surface area (TPSA) is 72.7 Å². The molecule has 0 spiro atoms. The van der Waals surface area contributed by atoms with Gasteiger partial charge in [-0.3, -0.25) is 4.79 Å². The van der Waals surface area contributed by atoms with E-state index in [1.165, 1.54) is 25.3 Å². The average Bonchev–Trinajstić information content (AvgIpc) is 3.00. The first-order valence-electron chi connectivity index (χ1n) is 9.29. The van der Waals surface area contributed by atoms with Crippen molar-refractivity contribution in [1.29, 1.82) is 0 Å². The standard InChI is InChI=1S/C23H22FN3O3/c1-14-10-18(23(29)30-4)8-9-21(14)27-15(2)11-19(16(27)3)13-25-26-22(28)17-6-5-7-20(24)12-17/h5-13H,1-4H3,(H,26,28)/b25-13-. The molecule has 1 amide bonds. The highest BCUT2D eigenvalue weighted by atomic mass is 19.1. The number of carbonyl (C=O) groups excluding carboxylic acids is 2. The zero-order valence-electron chi connectivity index (χ0n) is 17.2. The molecule has 3 rings (SSSR count). The van der Waals surface area contributed by atoms with Gasteiger partial charge in [-0.25, -0.2) is 14.6 Å². The van der Waals surface area contributed by atoms with Crippen molar-refractivity contribution in [3.8, 4) is 5.69 Å². The van der Waals surface area contributed by atoms with Crippen LogP contribution >= 0.6 is 0 Å². The first kappa shape index (κ1) is 21.0. The largest absolute Gasteiger partial charge is 0.465 e. The lowest BCUT2D eigenvalue weighted by molar-refractivity contribution is 0.0600. The predicted molar refractivity (Wildman–Crippen MR) is 113 cm³/mol. The van der Waals surface area contributed by atoms with E-state index in [0.29, 0.717) is 5.56 Å². The molecule has 0 aliphatic rings. The molecule has 0 unspecified atom stereocenters. The van der Waals surface area contributed by atoms with Crippen LogP contribution in [-0.2, 0) is 4.74 Å². The highest BCUT2D eigenvalue weighted by Crippen LogP contribution is 2.23. The Morgan fingerprint density at radius 3 is 2.50 bits per heavy atom. The molecular weight excluding hydrogens is 385 g/mol. The monoisotopic (exact) mass is 407 g/mol. The first-order chi connectivity index (χ1) is 14.3. The molecule has 0 atom stereocenters. The minimum Gasteiger partial charge on any atom is -0.465 e. The number of nitrogens with zero attached hydrogens (tertiary/aromatic N) is 2. The van der Waals surface area contributed by atoms with Gasteiger partial charge < -0.3 is 9.30 Å². The molecule has 0 bridgehead atoms. The molecule has 0 aliphatic heterocycles. The van der Waals surface area contributed by atoms with Gasteiger partial charge in [0.25, 0.3) is 5.91 Å². The number of esters is 1. The lowest BCUT2D eigenvalue weighted by atomic mass is 10.1. The third kappa shape index (κ3) is 4.30. The van der Waals surface area contributed by atoms with Gasteiger partial charge in [0.2, 0.25) is 0 Å². The number of benzene rings is 2. The molecule has 0 radical (unpaired) electrons. The molecule has 0 fully saturated rings. The van der Waals surface area contributed by atoms with Crippen LogP contribution < -0.4 is 5.43 Å². The van der Waals surface area contributed by atoms with E-state index < -0.39 is 11.7 Å². The SMILES string of the molecule is COC(=O)c1ccc(-n2c(C)cc(/C=N\NC(=O)c3cccc(F)c3)c2C)c(C)c1. The molecule has 2 aromatic carbocycles. The van der Waals surface area contributed by atoms with E-state index in [1.807, 2.05) is 37.5 Å². The van der Waals surface area contributed by atoms with Gasteiger partial charge in [-0.15, -0.1) is 0 Å². The quantitative estimate of drug-likeness (QED) is 0.393. The molecule has 1 aromatic heterocycles. The van der Waals surface area contributed by atoms with E-state index in [-0.39, 0.29) is 11.5 Å². The molecule has 3 aromatic rings. The van der Waals surface area contributed by atoms with Crippen LogP contribution in [0.5, 0.6) is 0 Å². The van der Waals surface area contributed by atoms with Gasteiger partial charge in [-0.1, -0.05) is 6.07 Å². The Kier molecular flexibility index (Phi) is 6.11. The van der Waals surface area contributed by atoms with Crippen LogP contribution in [0.15, 0.2) is 53.6 Å². The predicted octanol–water partition coefficient (Wildman–Crippen LogP) is 4.09. The third-order valence-electron chi connectivity index (χ3n) is 4.79. The van der Waals surface area contributed by atoms with Gasteiger partial charge in [-0.05, 0) is 68.8 Å². The van der Waals surface area contributed by atoms with Gasteiger partial charge in [0, 0.05) is 28.2 Å². The molecule has 6 nitrogen and oxygen atoms in total. The summed E-state index contributed by atoms with van der Waals surface area (Å²) >= 11 is 0. The van der Waals surface area contributed by atoms with Crippen LogP contribution in [0.1, 0.15) is 43.2 Å². The van der Waals surface area contributed by atoms with E-state index >= 15 is 0 Å². The van der Waals surface area contributed by atoms with Crippen molar-refractivity contribution in [3.05, 3.63) is 88.0 Å². The second kappa shape index (κ2) is 8.73. The fraction of sp³-hybridized carbons (Fsp3) is 0.174. The van der Waals surface area contributed by atoms with Crippen molar-refractivity contribution < 1.29 is 18.7 Å². The lowest BCUT2D eigenvalue weighted by Gasteiger charge is -2.13. The van der Waals surface area contributed by atoms with Crippen molar-refractivity contribution in [2.24, 2.45) is 5.10 Å². The average molecular weight is 407 g/mol. The molecule has 1 N–H and O–H groups in total. The summed E-state index contributed by atoms with van der Waals surface area (Å²) in [4.78, 5) is 23.8. The van der Waals surface area contributed by atoms with Crippen molar-refractivity contribution in [2.45, 2.75) is 20.8 Å². The zero-order chi connectivity index (χ0) is 21.8. The summed E-state index contributed by atoms with van der Waals surface area (Å²) in [6.45, 7) is 5.83. The Balaban J connectivity index is 1.83. The number of aryl methyl sites for hydroxylation is 2. The van der Waals surface area contributed by atoms with Crippen molar-refractivity contribution >= 4 is 18.1 Å². The van der Waals surface area contributed by atoms with E-state index in [0.717, 1.165) is 34.3 Å². The molecule has 30 heavy (non-hydrogen) atoms. The maximum absolute atomic E-state index is 13.3. The summed E-state index contributed by atoms with van der Waals surface area (Å²) in [7, 11) is 1.35. The number of hydrazone groups is 1. The van der Waals surface area contributed by atoms with Gasteiger partial charge in [0.05, 0.1) is 18.9 Å². The number of carbonyl (C=O) groups is 2.